The van der Waals surface area contributed by atoms with Crippen molar-refractivity contribution < 1.29 is 9.13 Å². The second-order valence-electron chi connectivity index (χ2n) is 3.34. The van der Waals surface area contributed by atoms with Crippen LogP contribution in [0.15, 0.2) is 24.3 Å². The van der Waals surface area contributed by atoms with Gasteiger partial charge in [-0.05, 0) is 24.1 Å². The van der Waals surface area contributed by atoms with Crippen molar-refractivity contribution in [1.29, 1.82) is 0 Å². The molecule has 17 heavy (non-hydrogen) atoms. The van der Waals surface area contributed by atoms with Crippen molar-refractivity contribution >= 4 is 0 Å². The van der Waals surface area contributed by atoms with Crippen LogP contribution in [0, 0.1) is 5.82 Å². The van der Waals surface area contributed by atoms with Gasteiger partial charge >= 0.3 is 0 Å². The number of ether oxygens (including phenoxy) is 1. The first-order chi connectivity index (χ1) is 8.33. The van der Waals surface area contributed by atoms with Gasteiger partial charge in [0.1, 0.15) is 5.82 Å². The van der Waals surface area contributed by atoms with Gasteiger partial charge < -0.3 is 10.1 Å². The summed E-state index contributed by atoms with van der Waals surface area (Å²) in [6.45, 7) is 9.88. The molecule has 0 aliphatic carbocycles. The number of morpholine rings is 1. The second kappa shape index (κ2) is 11.6. The Morgan fingerprint density at radius 1 is 1.12 bits per heavy atom. The summed E-state index contributed by atoms with van der Waals surface area (Å²) in [4.78, 5) is 0. The zero-order chi connectivity index (χ0) is 12.9. The molecular formula is C14H24FNO. The van der Waals surface area contributed by atoms with E-state index < -0.39 is 0 Å². The van der Waals surface area contributed by atoms with E-state index in [2.05, 4.69) is 5.32 Å². The van der Waals surface area contributed by atoms with Crippen molar-refractivity contribution in [3.63, 3.8) is 0 Å². The van der Waals surface area contributed by atoms with E-state index in [0.29, 0.717) is 0 Å². The fraction of sp³-hybridized carbons (Fsp3) is 0.571. The first-order valence-electron chi connectivity index (χ1n) is 6.36. The van der Waals surface area contributed by atoms with Crippen LogP contribution in [-0.4, -0.2) is 26.3 Å². The van der Waals surface area contributed by atoms with Crippen molar-refractivity contribution in [2.75, 3.05) is 26.3 Å². The van der Waals surface area contributed by atoms with Crippen LogP contribution in [0.1, 0.15) is 26.3 Å². The maximum absolute atomic E-state index is 12.2. The van der Waals surface area contributed by atoms with Crippen LogP contribution in [0.5, 0.6) is 0 Å². The van der Waals surface area contributed by atoms with Crippen LogP contribution >= 0.6 is 0 Å². The van der Waals surface area contributed by atoms with E-state index in [4.69, 9.17) is 4.74 Å². The standard InChI is InChI=1S/C8H9F.C4H9NO.C2H6/c1-2-7-3-5-8(9)6-4-7;1-3-6-4-2-5-1;1-2/h3-6H,2H2,1H3;5H,1-4H2;1-2H3. The predicted molar refractivity (Wildman–Crippen MR) is 70.8 cm³/mol. The molecule has 1 heterocycles. The number of hydrogen-bond acceptors (Lipinski definition) is 2. The lowest BCUT2D eigenvalue weighted by Crippen LogP contribution is -2.30. The van der Waals surface area contributed by atoms with Crippen LogP contribution in [0.2, 0.25) is 0 Å². The average Bonchev–Trinajstić information content (AvgIpc) is 2.44. The lowest BCUT2D eigenvalue weighted by atomic mass is 10.2. The molecule has 1 aromatic carbocycles. The van der Waals surface area contributed by atoms with Crippen LogP contribution in [-0.2, 0) is 11.2 Å². The van der Waals surface area contributed by atoms with E-state index in [0.717, 1.165) is 32.7 Å². The van der Waals surface area contributed by atoms with Crippen LogP contribution in [0.25, 0.3) is 0 Å². The predicted octanol–water partition coefficient (Wildman–Crippen LogP) is 3.02. The Morgan fingerprint density at radius 3 is 1.94 bits per heavy atom. The third kappa shape index (κ3) is 8.83. The highest BCUT2D eigenvalue weighted by Crippen LogP contribution is 2.01. The summed E-state index contributed by atoms with van der Waals surface area (Å²) in [5.41, 5.74) is 1.18. The molecule has 1 aromatic rings. The number of rotatable bonds is 1. The Hall–Kier alpha value is -0.930. The summed E-state index contributed by atoms with van der Waals surface area (Å²) in [7, 11) is 0. The van der Waals surface area contributed by atoms with Gasteiger partial charge in [-0.15, -0.1) is 0 Å². The van der Waals surface area contributed by atoms with Gasteiger partial charge in [-0.25, -0.2) is 4.39 Å². The van der Waals surface area contributed by atoms with Crippen molar-refractivity contribution in [2.24, 2.45) is 0 Å². The molecule has 0 unspecified atom stereocenters. The van der Waals surface area contributed by atoms with E-state index >= 15 is 0 Å². The molecule has 2 rings (SSSR count). The monoisotopic (exact) mass is 241 g/mol. The van der Waals surface area contributed by atoms with Crippen molar-refractivity contribution in [1.82, 2.24) is 5.32 Å². The molecule has 98 valence electrons. The highest BCUT2D eigenvalue weighted by Gasteiger charge is 1.93. The van der Waals surface area contributed by atoms with E-state index in [1.807, 2.05) is 20.8 Å². The van der Waals surface area contributed by atoms with Crippen molar-refractivity contribution in [2.45, 2.75) is 27.2 Å². The summed E-state index contributed by atoms with van der Waals surface area (Å²) in [6, 6.07) is 6.57. The molecule has 0 radical (unpaired) electrons. The minimum Gasteiger partial charge on any atom is -0.379 e. The third-order valence-corrected chi connectivity index (χ3v) is 2.17. The molecule has 0 atom stereocenters. The highest BCUT2D eigenvalue weighted by molar-refractivity contribution is 5.15. The molecule has 1 aliphatic heterocycles. The van der Waals surface area contributed by atoms with Gasteiger partial charge in [0.15, 0.2) is 0 Å². The molecule has 0 amide bonds. The SMILES string of the molecule is C1COCCN1.CC.CCc1ccc(F)cc1. The molecule has 1 aliphatic rings. The molecule has 0 bridgehead atoms. The summed E-state index contributed by atoms with van der Waals surface area (Å²) in [5, 5.41) is 3.16. The smallest absolute Gasteiger partial charge is 0.123 e. The van der Waals surface area contributed by atoms with Gasteiger partial charge in [-0.1, -0.05) is 32.9 Å². The number of aryl methyl sites for hydroxylation is 1. The number of halogens is 1. The zero-order valence-corrected chi connectivity index (χ0v) is 11.1. The summed E-state index contributed by atoms with van der Waals surface area (Å²) < 4.78 is 17.2. The Balaban J connectivity index is 0.000000278. The Morgan fingerprint density at radius 2 is 1.65 bits per heavy atom. The lowest BCUT2D eigenvalue weighted by molar-refractivity contribution is 0.109. The van der Waals surface area contributed by atoms with Gasteiger partial charge in [-0.3, -0.25) is 0 Å². The maximum atomic E-state index is 12.2. The first-order valence-corrected chi connectivity index (χ1v) is 6.36. The Bertz CT molecular complexity index is 246. The van der Waals surface area contributed by atoms with E-state index in [1.54, 1.807) is 12.1 Å². The van der Waals surface area contributed by atoms with Crippen molar-refractivity contribution in [3.05, 3.63) is 35.6 Å². The minimum absolute atomic E-state index is 0.160. The second-order valence-corrected chi connectivity index (χ2v) is 3.34. The van der Waals surface area contributed by atoms with Gasteiger partial charge in [-0.2, -0.15) is 0 Å². The molecule has 0 aromatic heterocycles. The fourth-order valence-electron chi connectivity index (χ4n) is 1.24. The number of hydrogen-bond donors (Lipinski definition) is 1. The fourth-order valence-corrected chi connectivity index (χ4v) is 1.24. The zero-order valence-electron chi connectivity index (χ0n) is 11.1. The van der Waals surface area contributed by atoms with E-state index in [-0.39, 0.29) is 5.82 Å². The molecule has 2 nitrogen and oxygen atoms in total. The molecule has 0 spiro atoms. The van der Waals surface area contributed by atoms with Crippen LogP contribution in [0.3, 0.4) is 0 Å². The maximum Gasteiger partial charge on any atom is 0.123 e. The Labute approximate surface area is 104 Å². The molecule has 1 fully saturated rings. The lowest BCUT2D eigenvalue weighted by Gasteiger charge is -2.10. The largest absolute Gasteiger partial charge is 0.379 e. The summed E-state index contributed by atoms with van der Waals surface area (Å²) >= 11 is 0. The van der Waals surface area contributed by atoms with E-state index in [9.17, 15) is 4.39 Å². The molecular weight excluding hydrogens is 217 g/mol. The first kappa shape index (κ1) is 16.1. The van der Waals surface area contributed by atoms with Gasteiger partial charge in [0, 0.05) is 13.1 Å². The molecule has 1 saturated heterocycles. The Kier molecular flexibility index (Phi) is 10.9. The molecule has 3 heteroatoms. The highest BCUT2D eigenvalue weighted by atomic mass is 19.1. The normalized spacial score (nSPS) is 13.9. The summed E-state index contributed by atoms with van der Waals surface area (Å²) in [6.07, 6.45) is 0.972. The molecule has 0 saturated carbocycles. The number of nitrogens with one attached hydrogen (secondary N) is 1. The topological polar surface area (TPSA) is 21.3 Å². The van der Waals surface area contributed by atoms with Crippen LogP contribution < -0.4 is 5.32 Å². The van der Waals surface area contributed by atoms with Crippen LogP contribution in [0.4, 0.5) is 4.39 Å². The van der Waals surface area contributed by atoms with Gasteiger partial charge in [0.05, 0.1) is 13.2 Å². The van der Waals surface area contributed by atoms with Crippen molar-refractivity contribution in [3.8, 4) is 0 Å². The quantitative estimate of drug-likeness (QED) is 0.816. The average molecular weight is 241 g/mol. The third-order valence-electron chi connectivity index (χ3n) is 2.17. The molecule has 1 N–H and O–H groups in total. The minimum atomic E-state index is -0.160. The summed E-state index contributed by atoms with van der Waals surface area (Å²) in [5.74, 6) is -0.160. The number of benzene rings is 1. The van der Waals surface area contributed by atoms with E-state index in [1.165, 1.54) is 17.7 Å². The van der Waals surface area contributed by atoms with Gasteiger partial charge in [0.25, 0.3) is 0 Å². The van der Waals surface area contributed by atoms with Gasteiger partial charge in [0.2, 0.25) is 0 Å².